The fraction of sp³-hybridized carbons (Fsp3) is 0.273. The Bertz CT molecular complexity index is 542. The normalized spacial score (nSPS) is 11.1. The van der Waals surface area contributed by atoms with Gasteiger partial charge in [-0.3, -0.25) is 0 Å². The Labute approximate surface area is 111 Å². The first-order valence-electron chi connectivity index (χ1n) is 4.98. The summed E-state index contributed by atoms with van der Waals surface area (Å²) in [6.07, 6.45) is 1.44. The Morgan fingerprint density at radius 3 is 2.44 bits per heavy atom. The van der Waals surface area contributed by atoms with Crippen molar-refractivity contribution < 1.29 is 17.9 Å². The van der Waals surface area contributed by atoms with E-state index in [9.17, 15) is 8.42 Å². The molecular formula is C11H14ClNO4S. The molecule has 1 aromatic carbocycles. The zero-order valence-corrected chi connectivity index (χ0v) is 11.6. The average Bonchev–Trinajstić information content (AvgIpc) is 2.35. The molecule has 0 amide bonds. The van der Waals surface area contributed by atoms with E-state index >= 15 is 0 Å². The van der Waals surface area contributed by atoms with Crippen LogP contribution in [0.1, 0.15) is 0 Å². The molecule has 1 aromatic rings. The first-order chi connectivity index (χ1) is 8.46. The van der Waals surface area contributed by atoms with E-state index in [0.717, 1.165) is 0 Å². The Balaban J connectivity index is 3.33. The van der Waals surface area contributed by atoms with Crippen LogP contribution in [-0.4, -0.2) is 29.2 Å². The van der Waals surface area contributed by atoms with Gasteiger partial charge in [-0.25, -0.2) is 13.1 Å². The summed E-state index contributed by atoms with van der Waals surface area (Å²) in [5, 5.41) is 0.275. The van der Waals surface area contributed by atoms with Crippen LogP contribution in [0.3, 0.4) is 0 Å². The molecule has 18 heavy (non-hydrogen) atoms. The maximum absolute atomic E-state index is 12.0. The standard InChI is InChI=1S/C11H14ClNO4S/c1-4-5-13-18(14,15)11-7-9(16-2)8(12)6-10(11)17-3/h4,6-7,13H,1,5H2,2-3H3. The zero-order chi connectivity index (χ0) is 13.8. The van der Waals surface area contributed by atoms with Crippen molar-refractivity contribution in [2.45, 2.75) is 4.90 Å². The molecule has 0 fully saturated rings. The monoisotopic (exact) mass is 291 g/mol. The molecule has 5 nitrogen and oxygen atoms in total. The Morgan fingerprint density at radius 1 is 1.33 bits per heavy atom. The van der Waals surface area contributed by atoms with Crippen LogP contribution in [-0.2, 0) is 10.0 Å². The lowest BCUT2D eigenvalue weighted by molar-refractivity contribution is 0.392. The zero-order valence-electron chi connectivity index (χ0n) is 10.1. The molecule has 0 radical (unpaired) electrons. The minimum absolute atomic E-state index is 0.0342. The van der Waals surface area contributed by atoms with Crippen LogP contribution in [0.5, 0.6) is 11.5 Å². The summed E-state index contributed by atoms with van der Waals surface area (Å²) in [5.41, 5.74) is 0. The Kier molecular flexibility index (Phi) is 5.01. The summed E-state index contributed by atoms with van der Waals surface area (Å²) in [7, 11) is -0.930. The van der Waals surface area contributed by atoms with E-state index in [-0.39, 0.29) is 28.0 Å². The van der Waals surface area contributed by atoms with Gasteiger partial charge in [0.05, 0.1) is 19.2 Å². The van der Waals surface area contributed by atoms with E-state index in [1.165, 1.54) is 32.4 Å². The molecule has 0 spiro atoms. The molecule has 0 aliphatic heterocycles. The second-order valence-corrected chi connectivity index (χ2v) is 5.42. The average molecular weight is 292 g/mol. The van der Waals surface area contributed by atoms with Crippen LogP contribution in [0.4, 0.5) is 0 Å². The van der Waals surface area contributed by atoms with E-state index in [0.29, 0.717) is 0 Å². The van der Waals surface area contributed by atoms with Crippen molar-refractivity contribution in [2.75, 3.05) is 20.8 Å². The maximum Gasteiger partial charge on any atom is 0.244 e. The van der Waals surface area contributed by atoms with Crippen LogP contribution >= 0.6 is 11.6 Å². The minimum Gasteiger partial charge on any atom is -0.495 e. The van der Waals surface area contributed by atoms with Crippen LogP contribution in [0.2, 0.25) is 5.02 Å². The first-order valence-corrected chi connectivity index (χ1v) is 6.84. The third kappa shape index (κ3) is 3.16. The van der Waals surface area contributed by atoms with Gasteiger partial charge in [0.15, 0.2) is 0 Å². The Hall–Kier alpha value is -1.24. The van der Waals surface area contributed by atoms with Crippen molar-refractivity contribution in [1.82, 2.24) is 4.72 Å². The van der Waals surface area contributed by atoms with Crippen LogP contribution in [0.25, 0.3) is 0 Å². The second kappa shape index (κ2) is 6.08. The van der Waals surface area contributed by atoms with Crippen molar-refractivity contribution in [2.24, 2.45) is 0 Å². The smallest absolute Gasteiger partial charge is 0.244 e. The molecule has 0 aliphatic carbocycles. The van der Waals surface area contributed by atoms with E-state index in [1.807, 2.05) is 0 Å². The van der Waals surface area contributed by atoms with Crippen LogP contribution < -0.4 is 14.2 Å². The molecule has 1 rings (SSSR count). The lowest BCUT2D eigenvalue weighted by atomic mass is 10.3. The number of ether oxygens (including phenoxy) is 2. The molecule has 0 saturated carbocycles. The molecule has 0 aliphatic rings. The van der Waals surface area contributed by atoms with Crippen molar-refractivity contribution in [1.29, 1.82) is 0 Å². The molecule has 0 bridgehead atoms. The van der Waals surface area contributed by atoms with E-state index in [4.69, 9.17) is 21.1 Å². The quantitative estimate of drug-likeness (QED) is 0.812. The molecule has 1 N–H and O–H groups in total. The summed E-state index contributed by atoms with van der Waals surface area (Å²) in [5.74, 6) is 0.411. The number of sulfonamides is 1. The number of benzene rings is 1. The van der Waals surface area contributed by atoms with Gasteiger partial charge in [0.25, 0.3) is 0 Å². The van der Waals surface area contributed by atoms with Gasteiger partial charge in [-0.15, -0.1) is 6.58 Å². The second-order valence-electron chi connectivity index (χ2n) is 3.28. The maximum atomic E-state index is 12.0. The van der Waals surface area contributed by atoms with E-state index in [1.54, 1.807) is 0 Å². The number of halogens is 1. The van der Waals surface area contributed by atoms with Gasteiger partial charge >= 0.3 is 0 Å². The summed E-state index contributed by atoms with van der Waals surface area (Å²) in [4.78, 5) is -0.0342. The number of rotatable bonds is 6. The summed E-state index contributed by atoms with van der Waals surface area (Å²) in [6, 6.07) is 2.70. The van der Waals surface area contributed by atoms with E-state index < -0.39 is 10.0 Å². The lowest BCUT2D eigenvalue weighted by Crippen LogP contribution is -2.24. The highest BCUT2D eigenvalue weighted by molar-refractivity contribution is 7.89. The largest absolute Gasteiger partial charge is 0.495 e. The van der Waals surface area contributed by atoms with Gasteiger partial charge in [0.2, 0.25) is 10.0 Å². The lowest BCUT2D eigenvalue weighted by Gasteiger charge is -2.12. The van der Waals surface area contributed by atoms with Crippen molar-refractivity contribution in [3.05, 3.63) is 29.8 Å². The van der Waals surface area contributed by atoms with Gasteiger partial charge in [0.1, 0.15) is 16.4 Å². The van der Waals surface area contributed by atoms with Gasteiger partial charge in [-0.1, -0.05) is 17.7 Å². The van der Waals surface area contributed by atoms with Crippen molar-refractivity contribution in [3.63, 3.8) is 0 Å². The van der Waals surface area contributed by atoms with Crippen molar-refractivity contribution in [3.8, 4) is 11.5 Å². The predicted octanol–water partition coefficient (Wildman–Crippen LogP) is 1.82. The van der Waals surface area contributed by atoms with Gasteiger partial charge in [0, 0.05) is 18.7 Å². The van der Waals surface area contributed by atoms with Gasteiger partial charge in [-0.2, -0.15) is 0 Å². The highest BCUT2D eigenvalue weighted by Crippen LogP contribution is 2.34. The third-order valence-corrected chi connectivity index (χ3v) is 3.89. The molecule has 0 aromatic heterocycles. The summed E-state index contributed by atoms with van der Waals surface area (Å²) < 4.78 is 36.4. The first kappa shape index (κ1) is 14.8. The van der Waals surface area contributed by atoms with Gasteiger partial charge in [-0.05, 0) is 0 Å². The number of nitrogens with one attached hydrogen (secondary N) is 1. The predicted molar refractivity (Wildman–Crippen MR) is 69.9 cm³/mol. The highest BCUT2D eigenvalue weighted by atomic mass is 35.5. The molecule has 0 heterocycles. The van der Waals surface area contributed by atoms with Crippen LogP contribution in [0.15, 0.2) is 29.7 Å². The summed E-state index contributed by atoms with van der Waals surface area (Å²) in [6.45, 7) is 3.57. The molecule has 7 heteroatoms. The SMILES string of the molecule is C=CCNS(=O)(=O)c1cc(OC)c(Cl)cc1OC. The number of hydrogen-bond acceptors (Lipinski definition) is 4. The molecule has 100 valence electrons. The Morgan fingerprint density at radius 2 is 1.94 bits per heavy atom. The fourth-order valence-corrected chi connectivity index (χ4v) is 2.68. The molecule has 0 unspecified atom stereocenters. The third-order valence-electron chi connectivity index (χ3n) is 2.15. The van der Waals surface area contributed by atoms with Crippen LogP contribution in [0, 0.1) is 0 Å². The molecule has 0 atom stereocenters. The fourth-order valence-electron chi connectivity index (χ4n) is 1.29. The molecule has 0 saturated heterocycles. The minimum atomic E-state index is -3.70. The highest BCUT2D eigenvalue weighted by Gasteiger charge is 2.21. The summed E-state index contributed by atoms with van der Waals surface area (Å²) >= 11 is 5.90. The van der Waals surface area contributed by atoms with E-state index in [2.05, 4.69) is 11.3 Å². The topological polar surface area (TPSA) is 64.6 Å². The number of methoxy groups -OCH3 is 2. The van der Waals surface area contributed by atoms with Crippen molar-refractivity contribution >= 4 is 21.6 Å². The molecular weight excluding hydrogens is 278 g/mol. The number of hydrogen-bond donors (Lipinski definition) is 1. The van der Waals surface area contributed by atoms with Gasteiger partial charge < -0.3 is 9.47 Å².